The number of rotatable bonds is 6. The van der Waals surface area contributed by atoms with Crippen LogP contribution >= 0.6 is 0 Å². The highest BCUT2D eigenvalue weighted by atomic mass is 16.4. The number of carbonyl (C=O) groups is 4. The number of amides is 4. The first-order valence-electron chi connectivity index (χ1n) is 5.80. The molecule has 8 heteroatoms. The molecule has 0 spiro atoms. The minimum atomic E-state index is -1.00. The van der Waals surface area contributed by atoms with Gasteiger partial charge in [0.2, 0.25) is 11.8 Å². The fourth-order valence-corrected chi connectivity index (χ4v) is 1.38. The van der Waals surface area contributed by atoms with Gasteiger partial charge in [-0.3, -0.25) is 19.7 Å². The zero-order chi connectivity index (χ0) is 15.0. The van der Waals surface area contributed by atoms with Gasteiger partial charge in [-0.15, -0.1) is 0 Å². The van der Waals surface area contributed by atoms with E-state index in [0.717, 1.165) is 0 Å². The summed E-state index contributed by atoms with van der Waals surface area (Å²) in [5.41, 5.74) is 0. The van der Waals surface area contributed by atoms with E-state index in [-0.39, 0.29) is 24.7 Å². The van der Waals surface area contributed by atoms with Crippen molar-refractivity contribution in [2.24, 2.45) is 5.92 Å². The number of nitrogens with one attached hydrogen (secondary N) is 3. The molecule has 0 heterocycles. The second kappa shape index (κ2) is 8.06. The van der Waals surface area contributed by atoms with Crippen molar-refractivity contribution in [2.75, 3.05) is 7.05 Å². The second-order valence-corrected chi connectivity index (χ2v) is 4.26. The van der Waals surface area contributed by atoms with Gasteiger partial charge in [0.1, 0.15) is 6.04 Å². The van der Waals surface area contributed by atoms with E-state index in [0.29, 0.717) is 0 Å². The van der Waals surface area contributed by atoms with Crippen molar-refractivity contribution in [3.63, 3.8) is 0 Å². The first kappa shape index (κ1) is 16.9. The maximum atomic E-state index is 11.4. The average molecular weight is 273 g/mol. The van der Waals surface area contributed by atoms with E-state index in [1.54, 1.807) is 6.92 Å². The summed E-state index contributed by atoms with van der Waals surface area (Å²) < 4.78 is 0. The van der Waals surface area contributed by atoms with E-state index in [9.17, 15) is 19.2 Å². The third kappa shape index (κ3) is 7.74. The van der Waals surface area contributed by atoms with Gasteiger partial charge in [0.05, 0.1) is 0 Å². The van der Waals surface area contributed by atoms with Crippen molar-refractivity contribution in [3.8, 4) is 0 Å². The molecule has 0 saturated carbocycles. The Labute approximate surface area is 110 Å². The summed E-state index contributed by atoms with van der Waals surface area (Å²) in [4.78, 5) is 44.3. The number of aliphatic carboxylic acids is 1. The molecule has 0 aliphatic carbocycles. The molecule has 0 bridgehead atoms. The number of likely N-dealkylation sites (N-methyl/N-ethyl adjacent to an activating group) is 1. The number of hydrogen-bond acceptors (Lipinski definition) is 4. The first-order valence-corrected chi connectivity index (χ1v) is 5.80. The quantitative estimate of drug-likeness (QED) is 0.516. The molecule has 0 aromatic carbocycles. The molecule has 0 saturated heterocycles. The van der Waals surface area contributed by atoms with Crippen LogP contribution < -0.4 is 16.0 Å². The lowest BCUT2D eigenvalue weighted by atomic mass is 10.0. The van der Waals surface area contributed by atoms with Crippen molar-refractivity contribution in [1.29, 1.82) is 0 Å². The summed E-state index contributed by atoms with van der Waals surface area (Å²) >= 11 is 0. The number of imide groups is 1. The highest BCUT2D eigenvalue weighted by Gasteiger charge is 2.17. The van der Waals surface area contributed by atoms with Crippen LogP contribution in [0.1, 0.15) is 26.7 Å². The topological polar surface area (TPSA) is 125 Å². The first-order chi connectivity index (χ1) is 8.76. The molecule has 8 nitrogen and oxygen atoms in total. The fraction of sp³-hybridized carbons (Fsp3) is 0.636. The molecule has 0 aromatic rings. The molecule has 0 aliphatic heterocycles. The molecule has 0 aliphatic rings. The highest BCUT2D eigenvalue weighted by Crippen LogP contribution is 2.06. The largest absolute Gasteiger partial charge is 0.481 e. The van der Waals surface area contributed by atoms with Crippen LogP contribution in [0.15, 0.2) is 0 Å². The Morgan fingerprint density at radius 1 is 1.11 bits per heavy atom. The summed E-state index contributed by atoms with van der Waals surface area (Å²) in [7, 11) is 1.43. The van der Waals surface area contributed by atoms with E-state index in [1.165, 1.54) is 14.0 Å². The Kier molecular flexibility index (Phi) is 7.16. The van der Waals surface area contributed by atoms with Crippen LogP contribution in [-0.4, -0.2) is 42.0 Å². The molecule has 0 fully saturated rings. The maximum Gasteiger partial charge on any atom is 0.322 e. The van der Waals surface area contributed by atoms with Crippen LogP contribution in [-0.2, 0) is 14.4 Å². The normalized spacial score (nSPS) is 13.0. The number of carbonyl (C=O) groups excluding carboxylic acids is 3. The summed E-state index contributed by atoms with van der Waals surface area (Å²) in [6.45, 7) is 3.06. The SMILES string of the molecule is CNC(=O)C(C)NC(=O)NC(=O)CC(C)CC(=O)O. The second-order valence-electron chi connectivity index (χ2n) is 4.26. The maximum absolute atomic E-state index is 11.4. The van der Waals surface area contributed by atoms with Crippen molar-refractivity contribution in [3.05, 3.63) is 0 Å². The lowest BCUT2D eigenvalue weighted by Gasteiger charge is -2.13. The molecule has 4 N–H and O–H groups in total. The zero-order valence-corrected chi connectivity index (χ0v) is 11.1. The van der Waals surface area contributed by atoms with Gasteiger partial charge < -0.3 is 15.7 Å². The Morgan fingerprint density at radius 3 is 2.16 bits per heavy atom. The molecule has 108 valence electrons. The van der Waals surface area contributed by atoms with Crippen molar-refractivity contribution in [1.82, 2.24) is 16.0 Å². The van der Waals surface area contributed by atoms with E-state index in [1.807, 2.05) is 5.32 Å². The number of carboxylic acids is 1. The van der Waals surface area contributed by atoms with E-state index in [4.69, 9.17) is 5.11 Å². The highest BCUT2D eigenvalue weighted by molar-refractivity contribution is 5.96. The van der Waals surface area contributed by atoms with Gasteiger partial charge in [-0.25, -0.2) is 4.79 Å². The molecular weight excluding hydrogens is 254 g/mol. The minimum absolute atomic E-state index is 0.0753. The monoisotopic (exact) mass is 273 g/mol. The molecule has 0 rings (SSSR count). The van der Waals surface area contributed by atoms with Crippen LogP contribution in [0, 0.1) is 5.92 Å². The van der Waals surface area contributed by atoms with Crippen LogP contribution in [0.25, 0.3) is 0 Å². The number of hydrogen-bond donors (Lipinski definition) is 4. The molecule has 0 aromatic heterocycles. The van der Waals surface area contributed by atoms with Crippen molar-refractivity contribution in [2.45, 2.75) is 32.7 Å². The standard InChI is InChI=1S/C11H19N3O5/c1-6(5-9(16)17)4-8(15)14-11(19)13-7(2)10(18)12-3/h6-7H,4-5H2,1-3H3,(H,12,18)(H,16,17)(H2,13,14,15,19). The van der Waals surface area contributed by atoms with Crippen LogP contribution in [0.3, 0.4) is 0 Å². The Bertz CT molecular complexity index is 369. The Balaban J connectivity index is 4.09. The van der Waals surface area contributed by atoms with E-state index >= 15 is 0 Å². The van der Waals surface area contributed by atoms with Gasteiger partial charge in [-0.2, -0.15) is 0 Å². The third-order valence-corrected chi connectivity index (χ3v) is 2.30. The summed E-state index contributed by atoms with van der Waals surface area (Å²) in [6, 6.07) is -1.56. The molecule has 2 unspecified atom stereocenters. The summed E-state index contributed by atoms with van der Waals surface area (Å²) in [6.07, 6.45) is -0.224. The predicted octanol–water partition coefficient (Wildman–Crippen LogP) is -0.552. The lowest BCUT2D eigenvalue weighted by Crippen LogP contribution is -2.49. The molecule has 0 radical (unpaired) electrons. The van der Waals surface area contributed by atoms with Crippen LogP contribution in [0.4, 0.5) is 4.79 Å². The van der Waals surface area contributed by atoms with Gasteiger partial charge >= 0.3 is 12.0 Å². The zero-order valence-electron chi connectivity index (χ0n) is 11.1. The van der Waals surface area contributed by atoms with Crippen molar-refractivity contribution >= 4 is 23.8 Å². The Morgan fingerprint density at radius 2 is 1.68 bits per heavy atom. The smallest absolute Gasteiger partial charge is 0.322 e. The van der Waals surface area contributed by atoms with Gasteiger partial charge in [0.25, 0.3) is 0 Å². The fourth-order valence-electron chi connectivity index (χ4n) is 1.38. The van der Waals surface area contributed by atoms with Gasteiger partial charge in [0, 0.05) is 19.9 Å². The van der Waals surface area contributed by atoms with Gasteiger partial charge in [0.15, 0.2) is 0 Å². The predicted molar refractivity (Wildman–Crippen MR) is 66.2 cm³/mol. The van der Waals surface area contributed by atoms with Gasteiger partial charge in [-0.1, -0.05) is 6.92 Å². The van der Waals surface area contributed by atoms with E-state index in [2.05, 4.69) is 10.6 Å². The van der Waals surface area contributed by atoms with Crippen LogP contribution in [0.5, 0.6) is 0 Å². The molecule has 19 heavy (non-hydrogen) atoms. The summed E-state index contributed by atoms with van der Waals surface area (Å²) in [5, 5.41) is 15.2. The average Bonchev–Trinajstić information content (AvgIpc) is 2.25. The lowest BCUT2D eigenvalue weighted by molar-refractivity contribution is -0.138. The molecule has 4 amide bonds. The van der Waals surface area contributed by atoms with Crippen LogP contribution in [0.2, 0.25) is 0 Å². The van der Waals surface area contributed by atoms with E-state index < -0.39 is 23.9 Å². The third-order valence-electron chi connectivity index (χ3n) is 2.30. The minimum Gasteiger partial charge on any atom is -0.481 e. The number of carboxylic acid groups (broad SMARTS) is 1. The molecular formula is C11H19N3O5. The number of urea groups is 1. The Hall–Kier alpha value is -2.12. The van der Waals surface area contributed by atoms with Crippen molar-refractivity contribution < 1.29 is 24.3 Å². The molecule has 2 atom stereocenters. The summed E-state index contributed by atoms with van der Waals surface area (Å²) in [5.74, 6) is -2.35. The van der Waals surface area contributed by atoms with Gasteiger partial charge in [-0.05, 0) is 12.8 Å².